The van der Waals surface area contributed by atoms with Gasteiger partial charge in [0.15, 0.2) is 0 Å². The largest absolute Gasteiger partial charge is 0.384 e. The summed E-state index contributed by atoms with van der Waals surface area (Å²) in [6.07, 6.45) is 0. The number of nitrogens with two attached hydrogens (primary N) is 1. The fourth-order valence-corrected chi connectivity index (χ4v) is 2.79. The minimum absolute atomic E-state index is 0.0496. The lowest BCUT2D eigenvalue weighted by Gasteiger charge is -2.29. The number of anilines is 1. The molecule has 0 atom stereocenters. The van der Waals surface area contributed by atoms with Gasteiger partial charge in [-0.15, -0.1) is 11.3 Å². The van der Waals surface area contributed by atoms with Crippen molar-refractivity contribution >= 4 is 22.9 Å². The van der Waals surface area contributed by atoms with E-state index in [0.717, 1.165) is 17.0 Å². The Labute approximate surface area is 126 Å². The van der Waals surface area contributed by atoms with Crippen LogP contribution in [0.5, 0.6) is 0 Å². The Bertz CT molecular complexity index is 615. The second-order valence-corrected chi connectivity index (χ2v) is 6.04. The second kappa shape index (κ2) is 6.22. The van der Waals surface area contributed by atoms with E-state index in [0.29, 0.717) is 6.54 Å². The first-order valence-electron chi connectivity index (χ1n) is 6.52. The molecule has 0 radical (unpaired) electrons. The van der Waals surface area contributed by atoms with Crippen molar-refractivity contribution in [1.29, 1.82) is 5.41 Å². The lowest BCUT2D eigenvalue weighted by molar-refractivity contribution is 0.554. The predicted octanol–water partition coefficient (Wildman–Crippen LogP) is 3.73. The van der Waals surface area contributed by atoms with Gasteiger partial charge >= 0.3 is 0 Å². The van der Waals surface area contributed by atoms with Gasteiger partial charge in [0, 0.05) is 16.5 Å². The van der Waals surface area contributed by atoms with Crippen LogP contribution < -0.4 is 10.6 Å². The lowest BCUT2D eigenvalue weighted by atomic mass is 10.1. The molecule has 2 rings (SSSR count). The lowest BCUT2D eigenvalue weighted by Crippen LogP contribution is -2.31. The first-order valence-corrected chi connectivity index (χ1v) is 7.40. The summed E-state index contributed by atoms with van der Waals surface area (Å²) in [5.74, 6) is -1.76. The number of nitrogens with zero attached hydrogens (tertiary/aromatic N) is 1. The molecule has 0 saturated heterocycles. The molecule has 0 spiro atoms. The monoisotopic (exact) mass is 309 g/mol. The topological polar surface area (TPSA) is 53.1 Å². The van der Waals surface area contributed by atoms with Crippen LogP contribution >= 0.6 is 11.3 Å². The summed E-state index contributed by atoms with van der Waals surface area (Å²) in [7, 11) is 0. The van der Waals surface area contributed by atoms with Crippen molar-refractivity contribution < 1.29 is 8.78 Å². The fraction of sp³-hybridized carbons (Fsp3) is 0.267. The maximum atomic E-state index is 14.3. The van der Waals surface area contributed by atoms with Gasteiger partial charge in [0.25, 0.3) is 0 Å². The molecule has 0 unspecified atom stereocenters. The van der Waals surface area contributed by atoms with Crippen molar-refractivity contribution in [3.8, 4) is 0 Å². The fourth-order valence-electron chi connectivity index (χ4n) is 2.09. The van der Waals surface area contributed by atoms with E-state index in [1.54, 1.807) is 16.2 Å². The number of nitrogens with one attached hydrogen (secondary N) is 1. The summed E-state index contributed by atoms with van der Waals surface area (Å²) in [5.41, 5.74) is 5.25. The van der Waals surface area contributed by atoms with Crippen molar-refractivity contribution in [2.45, 2.75) is 26.4 Å². The normalized spacial score (nSPS) is 10.9. The molecule has 0 amide bonds. The highest BCUT2D eigenvalue weighted by atomic mass is 32.1. The second-order valence-electron chi connectivity index (χ2n) is 5.00. The van der Waals surface area contributed by atoms with Crippen LogP contribution in [0.1, 0.15) is 24.3 Å². The van der Waals surface area contributed by atoms with E-state index in [-0.39, 0.29) is 23.1 Å². The van der Waals surface area contributed by atoms with Crippen molar-refractivity contribution in [3.63, 3.8) is 0 Å². The van der Waals surface area contributed by atoms with Crippen molar-refractivity contribution in [2.75, 3.05) is 4.90 Å². The Morgan fingerprint density at radius 3 is 2.38 bits per heavy atom. The molecule has 1 heterocycles. The van der Waals surface area contributed by atoms with E-state index in [2.05, 4.69) is 0 Å². The molecule has 3 N–H and O–H groups in total. The Balaban J connectivity index is 2.43. The molecule has 0 saturated carbocycles. The highest BCUT2D eigenvalue weighted by Gasteiger charge is 2.21. The third-order valence-electron chi connectivity index (χ3n) is 3.14. The van der Waals surface area contributed by atoms with Crippen LogP contribution in [-0.2, 0) is 6.54 Å². The molecule has 0 bridgehead atoms. The van der Waals surface area contributed by atoms with Crippen LogP contribution in [0.2, 0.25) is 0 Å². The van der Waals surface area contributed by atoms with Gasteiger partial charge in [0.1, 0.15) is 23.2 Å². The van der Waals surface area contributed by atoms with Crippen molar-refractivity contribution in [2.24, 2.45) is 5.73 Å². The van der Waals surface area contributed by atoms with Gasteiger partial charge in [0.2, 0.25) is 0 Å². The Kier molecular flexibility index (Phi) is 4.57. The van der Waals surface area contributed by atoms with Gasteiger partial charge in [-0.05, 0) is 37.4 Å². The van der Waals surface area contributed by atoms with E-state index < -0.39 is 11.6 Å². The van der Waals surface area contributed by atoms with Crippen LogP contribution in [0.3, 0.4) is 0 Å². The molecule has 0 aliphatic heterocycles. The minimum Gasteiger partial charge on any atom is -0.384 e. The van der Waals surface area contributed by atoms with E-state index in [1.807, 2.05) is 31.4 Å². The first kappa shape index (κ1) is 15.4. The quantitative estimate of drug-likeness (QED) is 0.653. The summed E-state index contributed by atoms with van der Waals surface area (Å²) in [5, 5.41) is 9.21. The number of benzene rings is 1. The SMILES string of the molecule is CC(C)N(Cc1cccs1)c1c(F)cc(C(=N)N)cc1F. The molecule has 0 aliphatic rings. The summed E-state index contributed by atoms with van der Waals surface area (Å²) >= 11 is 1.54. The Hall–Kier alpha value is -1.95. The Morgan fingerprint density at radius 1 is 1.33 bits per heavy atom. The number of hydrogen-bond acceptors (Lipinski definition) is 3. The van der Waals surface area contributed by atoms with Gasteiger partial charge in [-0.1, -0.05) is 6.07 Å². The number of halogens is 2. The maximum Gasteiger partial charge on any atom is 0.150 e. The van der Waals surface area contributed by atoms with Crippen molar-refractivity contribution in [3.05, 3.63) is 51.7 Å². The smallest absolute Gasteiger partial charge is 0.150 e. The molecule has 1 aromatic heterocycles. The average molecular weight is 309 g/mol. The predicted molar refractivity (Wildman–Crippen MR) is 83.0 cm³/mol. The Morgan fingerprint density at radius 2 is 1.95 bits per heavy atom. The summed E-state index contributed by atoms with van der Waals surface area (Å²) in [6.45, 7) is 4.19. The first-order chi connectivity index (χ1) is 9.90. The van der Waals surface area contributed by atoms with E-state index in [9.17, 15) is 8.78 Å². The molecular formula is C15H17F2N3S. The summed E-state index contributed by atoms with van der Waals surface area (Å²) in [6, 6.07) is 5.97. The molecule has 1 aromatic carbocycles. The third-order valence-corrected chi connectivity index (χ3v) is 4.01. The van der Waals surface area contributed by atoms with Gasteiger partial charge in [0.05, 0.1) is 6.54 Å². The summed E-state index contributed by atoms with van der Waals surface area (Å²) in [4.78, 5) is 2.69. The standard InChI is InChI=1S/C15H17F2N3S/c1-9(2)20(8-11-4-3-5-21-11)14-12(16)6-10(15(18)19)7-13(14)17/h3-7,9H,8H2,1-2H3,(H3,18,19). The van der Waals surface area contributed by atoms with Crippen LogP contribution in [0.15, 0.2) is 29.6 Å². The zero-order valence-electron chi connectivity index (χ0n) is 11.9. The number of hydrogen-bond donors (Lipinski definition) is 2. The molecule has 2 aromatic rings. The van der Waals surface area contributed by atoms with Crippen LogP contribution in [0.25, 0.3) is 0 Å². The molecule has 3 nitrogen and oxygen atoms in total. The average Bonchev–Trinajstić information content (AvgIpc) is 2.89. The van der Waals surface area contributed by atoms with E-state index in [4.69, 9.17) is 11.1 Å². The molecule has 112 valence electrons. The van der Waals surface area contributed by atoms with Gasteiger partial charge in [-0.2, -0.15) is 0 Å². The molecule has 6 heteroatoms. The molecular weight excluding hydrogens is 292 g/mol. The van der Waals surface area contributed by atoms with E-state index in [1.165, 1.54) is 0 Å². The van der Waals surface area contributed by atoms with Gasteiger partial charge < -0.3 is 10.6 Å². The van der Waals surface area contributed by atoms with Crippen LogP contribution in [0.4, 0.5) is 14.5 Å². The minimum atomic E-state index is -0.703. The van der Waals surface area contributed by atoms with E-state index >= 15 is 0 Å². The number of thiophene rings is 1. The number of nitrogen functional groups attached to an aromatic ring is 1. The van der Waals surface area contributed by atoms with Crippen LogP contribution in [-0.4, -0.2) is 11.9 Å². The third kappa shape index (κ3) is 3.39. The molecule has 0 fully saturated rings. The number of amidine groups is 1. The highest BCUT2D eigenvalue weighted by molar-refractivity contribution is 7.09. The zero-order valence-corrected chi connectivity index (χ0v) is 12.7. The molecule has 0 aliphatic carbocycles. The zero-order chi connectivity index (χ0) is 15.6. The maximum absolute atomic E-state index is 14.3. The van der Waals surface area contributed by atoms with Crippen molar-refractivity contribution in [1.82, 2.24) is 0 Å². The molecule has 21 heavy (non-hydrogen) atoms. The van der Waals surface area contributed by atoms with Gasteiger partial charge in [-0.25, -0.2) is 8.78 Å². The van der Waals surface area contributed by atoms with Crippen LogP contribution in [0, 0.1) is 17.0 Å². The highest BCUT2D eigenvalue weighted by Crippen LogP contribution is 2.29. The number of rotatable bonds is 5. The summed E-state index contributed by atoms with van der Waals surface area (Å²) < 4.78 is 28.6. The van der Waals surface area contributed by atoms with Gasteiger partial charge in [-0.3, -0.25) is 5.41 Å².